The molecule has 1 unspecified atom stereocenters. The molecule has 0 N–H and O–H groups in total. The predicted molar refractivity (Wildman–Crippen MR) is 82.6 cm³/mol. The van der Waals surface area contributed by atoms with Crippen LogP contribution in [-0.4, -0.2) is 25.3 Å². The Balaban J connectivity index is 2.43. The largest absolute Gasteiger partial charge is 0.243 e. The number of rotatable bonds is 4. The summed E-state index contributed by atoms with van der Waals surface area (Å²) in [4.78, 5) is 0.413. The van der Waals surface area contributed by atoms with E-state index in [0.717, 1.165) is 36.8 Å². The Kier molecular flexibility index (Phi) is 5.10. The van der Waals surface area contributed by atoms with Crippen LogP contribution in [-0.2, 0) is 15.9 Å². The van der Waals surface area contributed by atoms with Crippen LogP contribution < -0.4 is 0 Å². The summed E-state index contributed by atoms with van der Waals surface area (Å²) in [5, 5.41) is 0. The number of nitrogens with zero attached hydrogens (tertiary/aromatic N) is 1. The standard InChI is InChI=1S/C15H22ClNO2S/c1-3-14-6-4-5-9-17(14)20(18,19)15-10-13(11-16)8-7-12(15)2/h7-8,10,14H,3-6,9,11H2,1-2H3. The van der Waals surface area contributed by atoms with E-state index in [1.165, 1.54) is 0 Å². The smallest absolute Gasteiger partial charge is 0.207 e. The highest BCUT2D eigenvalue weighted by atomic mass is 35.5. The molecule has 2 rings (SSSR count). The molecule has 3 nitrogen and oxygen atoms in total. The van der Waals surface area contributed by atoms with E-state index in [0.29, 0.717) is 17.3 Å². The molecule has 1 atom stereocenters. The summed E-state index contributed by atoms with van der Waals surface area (Å²) in [6, 6.07) is 5.58. The number of aryl methyl sites for hydroxylation is 1. The maximum atomic E-state index is 12.9. The second-order valence-electron chi connectivity index (χ2n) is 5.41. The molecule has 1 aliphatic heterocycles. The third kappa shape index (κ3) is 3.02. The first kappa shape index (κ1) is 15.8. The molecular weight excluding hydrogens is 294 g/mol. The van der Waals surface area contributed by atoms with E-state index >= 15 is 0 Å². The fourth-order valence-corrected chi connectivity index (χ4v) is 5.04. The maximum absolute atomic E-state index is 12.9. The minimum atomic E-state index is -3.41. The molecule has 1 fully saturated rings. The summed E-state index contributed by atoms with van der Waals surface area (Å²) in [7, 11) is -3.41. The molecule has 0 aliphatic carbocycles. The Morgan fingerprint density at radius 1 is 1.35 bits per heavy atom. The number of halogens is 1. The number of benzene rings is 1. The van der Waals surface area contributed by atoms with E-state index in [4.69, 9.17) is 11.6 Å². The fourth-order valence-electron chi connectivity index (χ4n) is 2.83. The molecule has 5 heteroatoms. The van der Waals surface area contributed by atoms with Crippen molar-refractivity contribution < 1.29 is 8.42 Å². The minimum absolute atomic E-state index is 0.132. The van der Waals surface area contributed by atoms with Crippen molar-refractivity contribution in [2.45, 2.75) is 56.3 Å². The van der Waals surface area contributed by atoms with E-state index < -0.39 is 10.0 Å². The number of hydrogen-bond donors (Lipinski definition) is 0. The van der Waals surface area contributed by atoms with Crippen LogP contribution in [0.25, 0.3) is 0 Å². The summed E-state index contributed by atoms with van der Waals surface area (Å²) < 4.78 is 27.5. The average molecular weight is 316 g/mol. The molecule has 1 aliphatic rings. The monoisotopic (exact) mass is 315 g/mol. The van der Waals surface area contributed by atoms with Crippen LogP contribution in [0.3, 0.4) is 0 Å². The first-order chi connectivity index (χ1) is 9.50. The van der Waals surface area contributed by atoms with E-state index in [-0.39, 0.29) is 6.04 Å². The molecule has 1 heterocycles. The lowest BCUT2D eigenvalue weighted by molar-refractivity contribution is 0.246. The van der Waals surface area contributed by atoms with Crippen molar-refractivity contribution >= 4 is 21.6 Å². The SMILES string of the molecule is CCC1CCCCN1S(=O)(=O)c1cc(CCl)ccc1C. The Morgan fingerprint density at radius 2 is 2.10 bits per heavy atom. The lowest BCUT2D eigenvalue weighted by atomic mass is 10.0. The summed E-state index contributed by atoms with van der Waals surface area (Å²) in [6.45, 7) is 4.53. The first-order valence-corrected chi connectivity index (χ1v) is 9.15. The minimum Gasteiger partial charge on any atom is -0.207 e. The molecule has 0 radical (unpaired) electrons. The second kappa shape index (κ2) is 6.46. The number of alkyl halides is 1. The molecule has 112 valence electrons. The third-order valence-electron chi connectivity index (χ3n) is 4.04. The Labute approximate surface area is 127 Å². The van der Waals surface area contributed by atoms with Crippen molar-refractivity contribution in [1.82, 2.24) is 4.31 Å². The third-order valence-corrected chi connectivity index (χ3v) is 6.44. The molecule has 1 aromatic carbocycles. The molecule has 1 aromatic rings. The van der Waals surface area contributed by atoms with Crippen molar-refractivity contribution in [3.8, 4) is 0 Å². The molecule has 0 saturated carbocycles. The van der Waals surface area contributed by atoms with Gasteiger partial charge in [0.15, 0.2) is 0 Å². The van der Waals surface area contributed by atoms with E-state index in [2.05, 4.69) is 6.92 Å². The van der Waals surface area contributed by atoms with Crippen LogP contribution in [0, 0.1) is 6.92 Å². The van der Waals surface area contributed by atoms with E-state index in [1.807, 2.05) is 19.1 Å². The van der Waals surface area contributed by atoms with Gasteiger partial charge in [0.05, 0.1) is 4.90 Å². The van der Waals surface area contributed by atoms with Gasteiger partial charge in [-0.25, -0.2) is 8.42 Å². The number of sulfonamides is 1. The van der Waals surface area contributed by atoms with Gasteiger partial charge in [-0.15, -0.1) is 11.6 Å². The zero-order valence-electron chi connectivity index (χ0n) is 12.1. The number of hydrogen-bond acceptors (Lipinski definition) is 2. The summed E-state index contributed by atoms with van der Waals surface area (Å²) >= 11 is 5.83. The van der Waals surface area contributed by atoms with E-state index in [1.54, 1.807) is 10.4 Å². The van der Waals surface area contributed by atoms with Crippen LogP contribution in [0.1, 0.15) is 43.7 Å². The van der Waals surface area contributed by atoms with Crippen molar-refractivity contribution in [2.75, 3.05) is 6.54 Å². The average Bonchev–Trinajstić information content (AvgIpc) is 2.47. The van der Waals surface area contributed by atoms with Gasteiger partial charge in [-0.1, -0.05) is 25.5 Å². The summed E-state index contributed by atoms with van der Waals surface area (Å²) in [5.41, 5.74) is 1.64. The first-order valence-electron chi connectivity index (χ1n) is 7.18. The van der Waals surface area contributed by atoms with Crippen molar-refractivity contribution in [2.24, 2.45) is 0 Å². The molecule has 0 spiro atoms. The van der Waals surface area contributed by atoms with Crippen molar-refractivity contribution in [1.29, 1.82) is 0 Å². The highest BCUT2D eigenvalue weighted by molar-refractivity contribution is 7.89. The Hall–Kier alpha value is -0.580. The molecule has 0 amide bonds. The van der Waals surface area contributed by atoms with Crippen molar-refractivity contribution in [3.63, 3.8) is 0 Å². The van der Waals surface area contributed by atoms with E-state index in [9.17, 15) is 8.42 Å². The normalized spacial score (nSPS) is 21.1. The van der Waals surface area contributed by atoms with Gasteiger partial charge in [0.25, 0.3) is 0 Å². The summed E-state index contributed by atoms with van der Waals surface area (Å²) in [5.74, 6) is 0.333. The molecular formula is C15H22ClNO2S. The van der Waals surface area contributed by atoms with Gasteiger partial charge in [-0.05, 0) is 43.4 Å². The maximum Gasteiger partial charge on any atom is 0.243 e. The predicted octanol–water partition coefficient (Wildman–Crippen LogP) is 3.69. The van der Waals surface area contributed by atoms with Gasteiger partial charge in [0, 0.05) is 18.5 Å². The Morgan fingerprint density at radius 3 is 2.75 bits per heavy atom. The molecule has 0 aromatic heterocycles. The molecule has 20 heavy (non-hydrogen) atoms. The van der Waals surface area contributed by atoms with Crippen LogP contribution in [0.2, 0.25) is 0 Å². The summed E-state index contributed by atoms with van der Waals surface area (Å²) in [6.07, 6.45) is 3.90. The van der Waals surface area contributed by atoms with Gasteiger partial charge in [0.2, 0.25) is 10.0 Å². The van der Waals surface area contributed by atoms with Crippen LogP contribution in [0.5, 0.6) is 0 Å². The lowest BCUT2D eigenvalue weighted by Gasteiger charge is -2.34. The fraction of sp³-hybridized carbons (Fsp3) is 0.600. The molecule has 1 saturated heterocycles. The van der Waals surface area contributed by atoms with Gasteiger partial charge in [0.1, 0.15) is 0 Å². The highest BCUT2D eigenvalue weighted by Crippen LogP contribution is 2.29. The Bertz CT molecular complexity index is 571. The number of piperidine rings is 1. The van der Waals surface area contributed by atoms with Gasteiger partial charge < -0.3 is 0 Å². The molecule has 0 bridgehead atoms. The second-order valence-corrected chi connectivity index (χ2v) is 7.53. The lowest BCUT2D eigenvalue weighted by Crippen LogP contribution is -2.43. The topological polar surface area (TPSA) is 37.4 Å². The zero-order chi connectivity index (χ0) is 14.8. The highest BCUT2D eigenvalue weighted by Gasteiger charge is 2.33. The van der Waals surface area contributed by atoms with Gasteiger partial charge in [-0.2, -0.15) is 4.31 Å². The van der Waals surface area contributed by atoms with Crippen molar-refractivity contribution in [3.05, 3.63) is 29.3 Å². The van der Waals surface area contributed by atoms with Gasteiger partial charge >= 0.3 is 0 Å². The van der Waals surface area contributed by atoms with Crippen LogP contribution >= 0.6 is 11.6 Å². The van der Waals surface area contributed by atoms with Crippen LogP contribution in [0.15, 0.2) is 23.1 Å². The van der Waals surface area contributed by atoms with Gasteiger partial charge in [-0.3, -0.25) is 0 Å². The van der Waals surface area contributed by atoms with Crippen LogP contribution in [0.4, 0.5) is 0 Å². The quantitative estimate of drug-likeness (QED) is 0.795. The zero-order valence-corrected chi connectivity index (χ0v) is 13.7.